The first kappa shape index (κ1) is 21.4. The maximum absolute atomic E-state index is 12.5. The number of benzene rings is 3. The molecule has 1 N–H and O–H groups in total. The van der Waals surface area contributed by atoms with E-state index in [1.807, 2.05) is 37.3 Å². The Morgan fingerprint density at radius 3 is 2.30 bits per heavy atom. The molecule has 3 rings (SSSR count). The average molecular weight is 415 g/mol. The van der Waals surface area contributed by atoms with Gasteiger partial charge in [0.2, 0.25) is 0 Å². The minimum absolute atomic E-state index is 0.0384. The molecule has 0 aliphatic carbocycles. The highest BCUT2D eigenvalue weighted by atomic mass is 35.5. The van der Waals surface area contributed by atoms with Gasteiger partial charge in [-0.2, -0.15) is 5.26 Å². The fraction of sp³-hybridized carbons (Fsp3) is 0.154. The summed E-state index contributed by atoms with van der Waals surface area (Å²) < 4.78 is 0. The molecule has 3 aromatic rings. The van der Waals surface area contributed by atoms with E-state index >= 15 is 0 Å². The Hall–Kier alpha value is -3.35. The number of nitrogens with one attached hydrogen (secondary N) is 1. The lowest BCUT2D eigenvalue weighted by Crippen LogP contribution is -2.14. The molecule has 0 saturated heterocycles. The summed E-state index contributed by atoms with van der Waals surface area (Å²) in [5.41, 5.74) is 7.15. The van der Waals surface area contributed by atoms with Crippen LogP contribution in [0.25, 0.3) is 6.08 Å². The van der Waals surface area contributed by atoms with Gasteiger partial charge in [0.1, 0.15) is 11.6 Å². The van der Waals surface area contributed by atoms with Crippen LogP contribution >= 0.6 is 11.6 Å². The minimum atomic E-state index is -0.456. The number of nitriles is 1. The number of nitrogens with zero attached hydrogens (tertiary/aromatic N) is 1. The standard InChI is InChI=1S/C26H23ClN2O/c1-17-11-18(2)13-22(12-17)14-20-7-9-21(10-8-20)15-23(16-28)26(30)29-25-6-4-5-24(27)19(25)3/h4-13,15H,14H2,1-3H3,(H,29,30)/b23-15+. The number of carbonyl (C=O) groups is 1. The van der Waals surface area contributed by atoms with Gasteiger partial charge in [0, 0.05) is 10.7 Å². The van der Waals surface area contributed by atoms with E-state index in [9.17, 15) is 10.1 Å². The summed E-state index contributed by atoms with van der Waals surface area (Å²) in [7, 11) is 0. The lowest BCUT2D eigenvalue weighted by molar-refractivity contribution is -0.112. The summed E-state index contributed by atoms with van der Waals surface area (Å²) in [5, 5.41) is 12.8. The Morgan fingerprint density at radius 2 is 1.67 bits per heavy atom. The Balaban J connectivity index is 1.75. The quantitative estimate of drug-likeness (QED) is 0.387. The first-order chi connectivity index (χ1) is 14.4. The summed E-state index contributed by atoms with van der Waals surface area (Å²) >= 11 is 6.10. The maximum atomic E-state index is 12.5. The third-order valence-corrected chi connectivity index (χ3v) is 5.27. The number of anilines is 1. The molecule has 0 saturated carbocycles. The SMILES string of the molecule is Cc1cc(C)cc(Cc2ccc(/C=C(\C#N)C(=O)Nc3cccc(Cl)c3C)cc2)c1. The van der Waals surface area contributed by atoms with Crippen LogP contribution in [0, 0.1) is 32.1 Å². The molecule has 4 heteroatoms. The Morgan fingerprint density at radius 1 is 1.00 bits per heavy atom. The van der Waals surface area contributed by atoms with E-state index in [-0.39, 0.29) is 5.57 Å². The number of hydrogen-bond acceptors (Lipinski definition) is 2. The zero-order chi connectivity index (χ0) is 21.7. The molecule has 3 nitrogen and oxygen atoms in total. The second-order valence-corrected chi connectivity index (χ2v) is 7.86. The molecule has 1 amide bonds. The van der Waals surface area contributed by atoms with Crippen molar-refractivity contribution in [1.29, 1.82) is 5.26 Å². The number of carbonyl (C=O) groups excluding carboxylic acids is 1. The van der Waals surface area contributed by atoms with Crippen LogP contribution in [0.1, 0.15) is 33.4 Å². The Labute approximate surface area is 182 Å². The lowest BCUT2D eigenvalue weighted by Gasteiger charge is -2.09. The fourth-order valence-corrected chi connectivity index (χ4v) is 3.56. The smallest absolute Gasteiger partial charge is 0.266 e. The fourth-order valence-electron chi connectivity index (χ4n) is 3.39. The predicted molar refractivity (Wildman–Crippen MR) is 124 cm³/mol. The molecule has 0 heterocycles. The highest BCUT2D eigenvalue weighted by Crippen LogP contribution is 2.23. The van der Waals surface area contributed by atoms with Crippen molar-refractivity contribution in [1.82, 2.24) is 0 Å². The van der Waals surface area contributed by atoms with Gasteiger partial charge in [0.15, 0.2) is 0 Å². The van der Waals surface area contributed by atoms with Gasteiger partial charge in [-0.1, -0.05) is 71.3 Å². The van der Waals surface area contributed by atoms with Gasteiger partial charge in [0.05, 0.1) is 0 Å². The molecule has 150 valence electrons. The van der Waals surface area contributed by atoms with Gasteiger partial charge in [-0.25, -0.2) is 0 Å². The number of rotatable bonds is 5. The van der Waals surface area contributed by atoms with Crippen molar-refractivity contribution in [2.24, 2.45) is 0 Å². The largest absolute Gasteiger partial charge is 0.321 e. The first-order valence-electron chi connectivity index (χ1n) is 9.70. The Bertz CT molecular complexity index is 1130. The van der Waals surface area contributed by atoms with E-state index in [1.165, 1.54) is 22.3 Å². The molecule has 0 aliphatic rings. The number of aryl methyl sites for hydroxylation is 2. The summed E-state index contributed by atoms with van der Waals surface area (Å²) in [5.74, 6) is -0.456. The number of hydrogen-bond donors (Lipinski definition) is 1. The molecule has 30 heavy (non-hydrogen) atoms. The molecule has 0 spiro atoms. The van der Waals surface area contributed by atoms with E-state index in [2.05, 4.69) is 37.4 Å². The van der Waals surface area contributed by atoms with Crippen molar-refractivity contribution in [3.63, 3.8) is 0 Å². The lowest BCUT2D eigenvalue weighted by atomic mass is 9.99. The van der Waals surface area contributed by atoms with Crippen LogP contribution in [-0.4, -0.2) is 5.91 Å². The molecule has 0 bridgehead atoms. The molecule has 3 aromatic carbocycles. The first-order valence-corrected chi connectivity index (χ1v) is 10.1. The molecule has 0 aromatic heterocycles. The molecule has 0 radical (unpaired) electrons. The minimum Gasteiger partial charge on any atom is -0.321 e. The van der Waals surface area contributed by atoms with Crippen LogP contribution in [0.2, 0.25) is 5.02 Å². The van der Waals surface area contributed by atoms with E-state index in [4.69, 9.17) is 11.6 Å². The third-order valence-electron chi connectivity index (χ3n) is 4.86. The van der Waals surface area contributed by atoms with Crippen LogP contribution in [0.5, 0.6) is 0 Å². The highest BCUT2D eigenvalue weighted by molar-refractivity contribution is 6.31. The van der Waals surface area contributed by atoms with Gasteiger partial charge in [-0.15, -0.1) is 0 Å². The molecule has 0 atom stereocenters. The van der Waals surface area contributed by atoms with Crippen LogP contribution < -0.4 is 5.32 Å². The molecule has 0 fully saturated rings. The monoisotopic (exact) mass is 414 g/mol. The van der Waals surface area contributed by atoms with E-state index in [0.29, 0.717) is 10.7 Å². The molecular weight excluding hydrogens is 392 g/mol. The van der Waals surface area contributed by atoms with Gasteiger partial charge in [0.25, 0.3) is 5.91 Å². The van der Waals surface area contributed by atoms with Crippen LogP contribution in [0.15, 0.2) is 66.2 Å². The van der Waals surface area contributed by atoms with Crippen molar-refractivity contribution >= 4 is 29.3 Å². The Kier molecular flexibility index (Phi) is 6.72. The van der Waals surface area contributed by atoms with Crippen LogP contribution in [0.4, 0.5) is 5.69 Å². The number of halogens is 1. The van der Waals surface area contributed by atoms with Gasteiger partial charge >= 0.3 is 0 Å². The van der Waals surface area contributed by atoms with Crippen molar-refractivity contribution in [3.05, 3.63) is 105 Å². The van der Waals surface area contributed by atoms with Crippen molar-refractivity contribution < 1.29 is 4.79 Å². The predicted octanol–water partition coefficient (Wildman–Crippen LogP) is 6.40. The second kappa shape index (κ2) is 9.43. The van der Waals surface area contributed by atoms with Crippen molar-refractivity contribution in [3.8, 4) is 6.07 Å². The van der Waals surface area contributed by atoms with Crippen LogP contribution in [0.3, 0.4) is 0 Å². The summed E-state index contributed by atoms with van der Waals surface area (Å²) in [4.78, 5) is 12.5. The van der Waals surface area contributed by atoms with Crippen molar-refractivity contribution in [2.75, 3.05) is 5.32 Å². The summed E-state index contributed by atoms with van der Waals surface area (Å²) in [6.45, 7) is 6.02. The summed E-state index contributed by atoms with van der Waals surface area (Å²) in [6.07, 6.45) is 2.43. The van der Waals surface area contributed by atoms with Gasteiger partial charge < -0.3 is 5.32 Å². The zero-order valence-electron chi connectivity index (χ0n) is 17.3. The third kappa shape index (κ3) is 5.37. The molecular formula is C26H23ClN2O. The second-order valence-electron chi connectivity index (χ2n) is 7.45. The normalized spacial score (nSPS) is 11.1. The highest BCUT2D eigenvalue weighted by Gasteiger charge is 2.12. The summed E-state index contributed by atoms with van der Waals surface area (Å²) in [6, 6.07) is 21.7. The average Bonchev–Trinajstić information content (AvgIpc) is 2.70. The van der Waals surface area contributed by atoms with E-state index < -0.39 is 5.91 Å². The van der Waals surface area contributed by atoms with Gasteiger partial charge in [-0.3, -0.25) is 4.79 Å². The number of amides is 1. The van der Waals surface area contributed by atoms with Crippen LogP contribution in [-0.2, 0) is 11.2 Å². The topological polar surface area (TPSA) is 52.9 Å². The molecule has 0 unspecified atom stereocenters. The van der Waals surface area contributed by atoms with Gasteiger partial charge in [-0.05, 0) is 67.7 Å². The maximum Gasteiger partial charge on any atom is 0.266 e. The van der Waals surface area contributed by atoms with E-state index in [0.717, 1.165) is 17.5 Å². The molecule has 0 aliphatic heterocycles. The van der Waals surface area contributed by atoms with E-state index in [1.54, 1.807) is 24.3 Å². The van der Waals surface area contributed by atoms with Crippen molar-refractivity contribution in [2.45, 2.75) is 27.2 Å². The zero-order valence-corrected chi connectivity index (χ0v) is 18.0.